The molecule has 0 aliphatic heterocycles. The van der Waals surface area contributed by atoms with Crippen molar-refractivity contribution < 1.29 is 4.74 Å². The normalized spacial score (nSPS) is 12.1. The van der Waals surface area contributed by atoms with Crippen molar-refractivity contribution in [2.75, 3.05) is 0 Å². The second-order valence-corrected chi connectivity index (χ2v) is 6.46. The third-order valence-electron chi connectivity index (χ3n) is 4.00. The first-order valence-corrected chi connectivity index (χ1v) is 8.39. The van der Waals surface area contributed by atoms with Gasteiger partial charge in [0.2, 0.25) is 0 Å². The Morgan fingerprint density at radius 3 is 2.62 bits per heavy atom. The summed E-state index contributed by atoms with van der Waals surface area (Å²) in [4.78, 5) is 0. The van der Waals surface area contributed by atoms with E-state index in [0.717, 1.165) is 22.2 Å². The molecule has 0 amide bonds. The number of hydrogen-bond acceptors (Lipinski definition) is 2. The summed E-state index contributed by atoms with van der Waals surface area (Å²) in [6.07, 6.45) is 2.48. The van der Waals surface area contributed by atoms with Gasteiger partial charge in [-0.1, -0.05) is 29.3 Å². The summed E-state index contributed by atoms with van der Waals surface area (Å²) in [5, 5.41) is 11.1. The predicted molar refractivity (Wildman–Crippen MR) is 97.7 cm³/mol. The fraction of sp³-hybridized carbons (Fsp3) is 0.211. The van der Waals surface area contributed by atoms with E-state index in [4.69, 9.17) is 33.2 Å². The van der Waals surface area contributed by atoms with Gasteiger partial charge in [0, 0.05) is 38.8 Å². The van der Waals surface area contributed by atoms with Crippen molar-refractivity contribution in [2.24, 2.45) is 0 Å². The average molecular weight is 359 g/mol. The first-order chi connectivity index (χ1) is 11.6. The fourth-order valence-corrected chi connectivity index (χ4v) is 3.18. The van der Waals surface area contributed by atoms with Gasteiger partial charge in [-0.3, -0.25) is 0 Å². The largest absolute Gasteiger partial charge is 0.489 e. The number of nitrogens with zero attached hydrogens (tertiary/aromatic N) is 2. The molecule has 5 heteroatoms. The fourth-order valence-electron chi connectivity index (χ4n) is 2.67. The van der Waals surface area contributed by atoms with Crippen LogP contribution >= 0.6 is 23.2 Å². The van der Waals surface area contributed by atoms with E-state index in [1.165, 1.54) is 0 Å². The summed E-state index contributed by atoms with van der Waals surface area (Å²) >= 11 is 12.3. The molecule has 122 valence electrons. The predicted octanol–water partition coefficient (Wildman–Crippen LogP) is 6.00. The number of rotatable bonds is 5. The van der Waals surface area contributed by atoms with E-state index >= 15 is 0 Å². The standard InChI is InChI=1S/C19H16Cl2N2O/c1-13(7-9-22)23-10-8-14-11-15(5-6-19(14)23)24-12-16-17(20)3-2-4-18(16)21/h2-6,8,10-11,13H,7,12H2,1H3. The van der Waals surface area contributed by atoms with Crippen molar-refractivity contribution in [1.82, 2.24) is 4.57 Å². The zero-order chi connectivity index (χ0) is 17.1. The molecule has 2 aromatic carbocycles. The van der Waals surface area contributed by atoms with Crippen LogP contribution in [0.4, 0.5) is 0 Å². The average Bonchev–Trinajstić information content (AvgIpc) is 2.98. The van der Waals surface area contributed by atoms with Crippen LogP contribution in [0.25, 0.3) is 10.9 Å². The summed E-state index contributed by atoms with van der Waals surface area (Å²) in [5.41, 5.74) is 1.86. The Hall–Kier alpha value is -2.15. The topological polar surface area (TPSA) is 38.0 Å². The van der Waals surface area contributed by atoms with E-state index in [2.05, 4.69) is 10.6 Å². The van der Waals surface area contributed by atoms with Gasteiger partial charge in [0.1, 0.15) is 12.4 Å². The second kappa shape index (κ2) is 7.17. The first kappa shape index (κ1) is 16.7. The van der Waals surface area contributed by atoms with Crippen molar-refractivity contribution in [2.45, 2.75) is 26.0 Å². The highest BCUT2D eigenvalue weighted by atomic mass is 35.5. The molecule has 0 aliphatic carbocycles. The van der Waals surface area contributed by atoms with Crippen molar-refractivity contribution in [3.63, 3.8) is 0 Å². The Kier molecular flexibility index (Phi) is 4.99. The maximum atomic E-state index is 8.87. The zero-order valence-corrected chi connectivity index (χ0v) is 14.7. The van der Waals surface area contributed by atoms with Gasteiger partial charge in [-0.15, -0.1) is 0 Å². The molecule has 3 aromatic rings. The monoisotopic (exact) mass is 358 g/mol. The number of benzene rings is 2. The number of ether oxygens (including phenoxy) is 1. The highest BCUT2D eigenvalue weighted by molar-refractivity contribution is 6.35. The molecule has 1 unspecified atom stereocenters. The number of aromatic nitrogens is 1. The van der Waals surface area contributed by atoms with Crippen LogP contribution in [0, 0.1) is 11.3 Å². The molecule has 3 nitrogen and oxygen atoms in total. The molecule has 0 radical (unpaired) electrons. The Morgan fingerprint density at radius 1 is 1.17 bits per heavy atom. The van der Waals surface area contributed by atoms with Crippen LogP contribution in [-0.4, -0.2) is 4.57 Å². The smallest absolute Gasteiger partial charge is 0.120 e. The molecule has 0 aliphatic rings. The first-order valence-electron chi connectivity index (χ1n) is 7.63. The quantitative estimate of drug-likeness (QED) is 0.560. The van der Waals surface area contributed by atoms with Gasteiger partial charge in [0.25, 0.3) is 0 Å². The minimum absolute atomic E-state index is 0.140. The highest BCUT2D eigenvalue weighted by Gasteiger charge is 2.10. The van der Waals surface area contributed by atoms with Crippen molar-refractivity contribution in [3.8, 4) is 11.8 Å². The highest BCUT2D eigenvalue weighted by Crippen LogP contribution is 2.28. The van der Waals surface area contributed by atoms with Gasteiger partial charge in [0.05, 0.1) is 12.5 Å². The molecule has 0 spiro atoms. The number of halogens is 2. The molecule has 24 heavy (non-hydrogen) atoms. The van der Waals surface area contributed by atoms with Gasteiger partial charge in [-0.05, 0) is 43.3 Å². The number of nitriles is 1. The molecule has 0 N–H and O–H groups in total. The van der Waals surface area contributed by atoms with Gasteiger partial charge < -0.3 is 9.30 Å². The molecular formula is C19H16Cl2N2O. The Balaban J connectivity index is 1.81. The molecule has 0 saturated carbocycles. The van der Waals surface area contributed by atoms with Crippen LogP contribution in [-0.2, 0) is 6.61 Å². The summed E-state index contributed by atoms with van der Waals surface area (Å²) < 4.78 is 7.95. The maximum Gasteiger partial charge on any atom is 0.120 e. The number of fused-ring (bicyclic) bond motifs is 1. The summed E-state index contributed by atoms with van der Waals surface area (Å²) in [5.74, 6) is 0.754. The SMILES string of the molecule is CC(CC#N)n1ccc2cc(OCc3c(Cl)cccc3Cl)ccc21. The summed E-state index contributed by atoms with van der Waals surface area (Å²) in [6, 6.07) is 15.7. The van der Waals surface area contributed by atoms with Gasteiger partial charge in [-0.25, -0.2) is 0 Å². The van der Waals surface area contributed by atoms with E-state index in [1.807, 2.05) is 43.5 Å². The van der Waals surface area contributed by atoms with E-state index < -0.39 is 0 Å². The van der Waals surface area contributed by atoms with Crippen LogP contribution < -0.4 is 4.74 Å². The van der Waals surface area contributed by atoms with E-state index in [-0.39, 0.29) is 6.04 Å². The second-order valence-electron chi connectivity index (χ2n) is 5.64. The number of hydrogen-bond donors (Lipinski definition) is 0. The van der Waals surface area contributed by atoms with Crippen molar-refractivity contribution in [3.05, 3.63) is 64.3 Å². The molecule has 1 aromatic heterocycles. The maximum absolute atomic E-state index is 8.87. The zero-order valence-electron chi connectivity index (χ0n) is 13.2. The summed E-state index contributed by atoms with van der Waals surface area (Å²) in [6.45, 7) is 2.35. The van der Waals surface area contributed by atoms with Crippen LogP contribution in [0.15, 0.2) is 48.7 Å². The van der Waals surface area contributed by atoms with Crippen LogP contribution in [0.3, 0.4) is 0 Å². The molecule has 0 fully saturated rings. The minimum atomic E-state index is 0.140. The lowest BCUT2D eigenvalue weighted by molar-refractivity contribution is 0.307. The van der Waals surface area contributed by atoms with E-state index in [9.17, 15) is 0 Å². The molecule has 0 saturated heterocycles. The minimum Gasteiger partial charge on any atom is -0.489 e. The van der Waals surface area contributed by atoms with E-state index in [1.54, 1.807) is 12.1 Å². The van der Waals surface area contributed by atoms with Crippen LogP contribution in [0.2, 0.25) is 10.0 Å². The van der Waals surface area contributed by atoms with Crippen molar-refractivity contribution in [1.29, 1.82) is 5.26 Å². The van der Waals surface area contributed by atoms with Gasteiger partial charge in [-0.2, -0.15) is 5.26 Å². The van der Waals surface area contributed by atoms with E-state index in [0.29, 0.717) is 23.1 Å². The third kappa shape index (κ3) is 3.36. The van der Waals surface area contributed by atoms with Gasteiger partial charge >= 0.3 is 0 Å². The lowest BCUT2D eigenvalue weighted by Gasteiger charge is -2.12. The molecular weight excluding hydrogens is 343 g/mol. The molecule has 1 atom stereocenters. The third-order valence-corrected chi connectivity index (χ3v) is 4.71. The lowest BCUT2D eigenvalue weighted by Crippen LogP contribution is -2.02. The summed E-state index contributed by atoms with van der Waals surface area (Å²) in [7, 11) is 0. The molecule has 0 bridgehead atoms. The Labute approximate surface area is 151 Å². The Morgan fingerprint density at radius 2 is 1.92 bits per heavy atom. The van der Waals surface area contributed by atoms with Crippen LogP contribution in [0.1, 0.15) is 24.9 Å². The molecule has 3 rings (SSSR count). The Bertz CT molecular complexity index is 891. The van der Waals surface area contributed by atoms with Crippen LogP contribution in [0.5, 0.6) is 5.75 Å². The lowest BCUT2D eigenvalue weighted by atomic mass is 10.2. The van der Waals surface area contributed by atoms with Crippen molar-refractivity contribution >= 4 is 34.1 Å². The molecule has 1 heterocycles. The van der Waals surface area contributed by atoms with Gasteiger partial charge in [0.15, 0.2) is 0 Å².